The molecule has 1 aliphatic heterocycles. The van der Waals surface area contributed by atoms with E-state index in [1.54, 1.807) is 24.2 Å². The highest BCUT2D eigenvalue weighted by Crippen LogP contribution is 2.31. The van der Waals surface area contributed by atoms with Gasteiger partial charge in [-0.15, -0.1) is 0 Å². The van der Waals surface area contributed by atoms with Crippen molar-refractivity contribution in [1.29, 1.82) is 0 Å². The molecule has 1 fully saturated rings. The van der Waals surface area contributed by atoms with E-state index in [9.17, 15) is 14.7 Å². The van der Waals surface area contributed by atoms with Crippen LogP contribution in [0.1, 0.15) is 41.5 Å². The molecule has 3 aromatic rings. The molecule has 0 radical (unpaired) electrons. The summed E-state index contributed by atoms with van der Waals surface area (Å²) in [6.45, 7) is 2.23. The van der Waals surface area contributed by atoms with Gasteiger partial charge in [-0.25, -0.2) is 0 Å². The van der Waals surface area contributed by atoms with Crippen LogP contribution in [0.4, 0.5) is 0 Å². The number of pyridine rings is 1. The van der Waals surface area contributed by atoms with E-state index in [4.69, 9.17) is 16.6 Å². The highest BCUT2D eigenvalue weighted by Gasteiger charge is 2.31. The Balaban J connectivity index is 1.53. The van der Waals surface area contributed by atoms with Gasteiger partial charge < -0.3 is 14.6 Å². The molecule has 31 heavy (non-hydrogen) atoms. The van der Waals surface area contributed by atoms with Gasteiger partial charge >= 0.3 is 0 Å². The van der Waals surface area contributed by atoms with Crippen molar-refractivity contribution in [3.63, 3.8) is 0 Å². The van der Waals surface area contributed by atoms with Crippen LogP contribution in [0.5, 0.6) is 5.75 Å². The van der Waals surface area contributed by atoms with E-state index in [0.29, 0.717) is 23.7 Å². The van der Waals surface area contributed by atoms with Crippen LogP contribution in [0.25, 0.3) is 0 Å². The number of likely N-dealkylation sites (tertiary alicyclic amines) is 1. The second-order valence-electron chi connectivity index (χ2n) is 7.77. The van der Waals surface area contributed by atoms with Gasteiger partial charge in [-0.05, 0) is 43.5 Å². The fourth-order valence-corrected chi connectivity index (χ4v) is 4.25. The lowest BCUT2D eigenvalue weighted by Crippen LogP contribution is -2.37. The van der Waals surface area contributed by atoms with Crippen LogP contribution >= 0.6 is 11.6 Å². The van der Waals surface area contributed by atoms with Crippen molar-refractivity contribution in [2.45, 2.75) is 38.8 Å². The molecular formula is C23H23ClN4O3. The number of carbonyl (C=O) groups excluding carboxylic acids is 1. The average Bonchev–Trinajstić information content (AvgIpc) is 3.21. The second-order valence-corrected chi connectivity index (χ2v) is 8.20. The van der Waals surface area contributed by atoms with Gasteiger partial charge in [0.2, 0.25) is 5.91 Å². The zero-order chi connectivity index (χ0) is 22.0. The SMILES string of the molecule is Cc1cc(O)cc(=O)n1CC(=O)N1CCCC1c1cncc(Cc2cccc(Cl)c2)n1. The molecule has 2 aromatic heterocycles. The second kappa shape index (κ2) is 8.89. The van der Waals surface area contributed by atoms with Crippen molar-refractivity contribution in [2.24, 2.45) is 0 Å². The van der Waals surface area contributed by atoms with Gasteiger partial charge in [0.05, 0.1) is 23.6 Å². The smallest absolute Gasteiger partial charge is 0.254 e. The fraction of sp³-hybridized carbons (Fsp3) is 0.304. The first-order valence-electron chi connectivity index (χ1n) is 10.2. The van der Waals surface area contributed by atoms with Crippen LogP contribution in [-0.4, -0.2) is 37.0 Å². The number of hydrogen-bond acceptors (Lipinski definition) is 5. The minimum atomic E-state index is -0.398. The summed E-state index contributed by atoms with van der Waals surface area (Å²) in [5.41, 5.74) is 2.74. The Bertz CT molecular complexity index is 1180. The standard InChI is InChI=1S/C23H23ClN4O3/c1-15-8-19(29)11-22(30)28(15)14-23(31)27-7-3-6-21(27)20-13-25-12-18(26-20)10-16-4-2-5-17(24)9-16/h2,4-5,8-9,11-13,21,29H,3,6-7,10,14H2,1H3. The maximum Gasteiger partial charge on any atom is 0.254 e. The number of carbonyl (C=O) groups is 1. The predicted molar refractivity (Wildman–Crippen MR) is 117 cm³/mol. The molecule has 0 spiro atoms. The van der Waals surface area contributed by atoms with Crippen LogP contribution in [0.2, 0.25) is 5.02 Å². The van der Waals surface area contributed by atoms with Crippen molar-refractivity contribution in [3.05, 3.63) is 86.8 Å². The predicted octanol–water partition coefficient (Wildman–Crippen LogP) is 3.26. The van der Waals surface area contributed by atoms with E-state index in [1.165, 1.54) is 10.6 Å². The molecule has 1 N–H and O–H groups in total. The van der Waals surface area contributed by atoms with Crippen LogP contribution in [-0.2, 0) is 17.8 Å². The van der Waals surface area contributed by atoms with E-state index in [1.807, 2.05) is 24.3 Å². The first-order valence-corrected chi connectivity index (χ1v) is 10.5. The van der Waals surface area contributed by atoms with Gasteiger partial charge in [-0.1, -0.05) is 23.7 Å². The summed E-state index contributed by atoms with van der Waals surface area (Å²) in [4.78, 5) is 36.1. The number of rotatable bonds is 5. The monoisotopic (exact) mass is 438 g/mol. The summed E-state index contributed by atoms with van der Waals surface area (Å²) in [5, 5.41) is 10.2. The molecule has 8 heteroatoms. The summed E-state index contributed by atoms with van der Waals surface area (Å²) in [5.74, 6) is -0.252. The molecule has 1 unspecified atom stereocenters. The number of amides is 1. The lowest BCUT2D eigenvalue weighted by atomic mass is 10.1. The minimum Gasteiger partial charge on any atom is -0.508 e. The summed E-state index contributed by atoms with van der Waals surface area (Å²) < 4.78 is 1.37. The summed E-state index contributed by atoms with van der Waals surface area (Å²) >= 11 is 6.08. The van der Waals surface area contributed by atoms with Gasteiger partial charge in [0.25, 0.3) is 5.56 Å². The van der Waals surface area contributed by atoms with Crippen molar-refractivity contribution in [3.8, 4) is 5.75 Å². The first-order chi connectivity index (χ1) is 14.9. The molecule has 160 valence electrons. The Kier molecular flexibility index (Phi) is 6.04. The third kappa shape index (κ3) is 4.77. The molecular weight excluding hydrogens is 416 g/mol. The molecule has 0 saturated carbocycles. The van der Waals surface area contributed by atoms with Crippen molar-refractivity contribution in [2.75, 3.05) is 6.54 Å². The Labute approximate surface area is 185 Å². The Morgan fingerprint density at radius 3 is 2.87 bits per heavy atom. The Morgan fingerprint density at radius 1 is 1.26 bits per heavy atom. The van der Waals surface area contributed by atoms with Gasteiger partial charge in [0.15, 0.2) is 0 Å². The molecule has 7 nitrogen and oxygen atoms in total. The minimum absolute atomic E-state index is 0.0723. The third-order valence-electron chi connectivity index (χ3n) is 5.51. The topological polar surface area (TPSA) is 88.3 Å². The molecule has 4 rings (SSSR count). The molecule has 0 aliphatic carbocycles. The lowest BCUT2D eigenvalue weighted by Gasteiger charge is -2.25. The molecule has 0 bridgehead atoms. The molecule has 1 atom stereocenters. The number of aryl methyl sites for hydroxylation is 1. The number of benzene rings is 1. The fourth-order valence-electron chi connectivity index (χ4n) is 4.04. The quantitative estimate of drug-likeness (QED) is 0.660. The van der Waals surface area contributed by atoms with Gasteiger partial charge in [0, 0.05) is 35.9 Å². The van der Waals surface area contributed by atoms with E-state index in [2.05, 4.69) is 4.98 Å². The highest BCUT2D eigenvalue weighted by atomic mass is 35.5. The first kappa shape index (κ1) is 21.1. The molecule has 1 saturated heterocycles. The number of halogens is 1. The summed E-state index contributed by atoms with van der Waals surface area (Å²) in [6.07, 6.45) is 5.69. The van der Waals surface area contributed by atoms with Crippen LogP contribution in [0.3, 0.4) is 0 Å². The largest absolute Gasteiger partial charge is 0.508 e. The number of nitrogens with zero attached hydrogens (tertiary/aromatic N) is 4. The summed E-state index contributed by atoms with van der Waals surface area (Å²) in [7, 11) is 0. The zero-order valence-corrected chi connectivity index (χ0v) is 17.9. The van der Waals surface area contributed by atoms with Gasteiger partial charge in [-0.3, -0.25) is 19.6 Å². The van der Waals surface area contributed by atoms with Crippen LogP contribution in [0.15, 0.2) is 53.6 Å². The van der Waals surface area contributed by atoms with Crippen molar-refractivity contribution < 1.29 is 9.90 Å². The van der Waals surface area contributed by atoms with Gasteiger partial charge in [-0.2, -0.15) is 0 Å². The third-order valence-corrected chi connectivity index (χ3v) is 5.74. The normalized spacial score (nSPS) is 15.9. The van der Waals surface area contributed by atoms with E-state index in [0.717, 1.165) is 35.9 Å². The van der Waals surface area contributed by atoms with Crippen LogP contribution < -0.4 is 5.56 Å². The van der Waals surface area contributed by atoms with Crippen molar-refractivity contribution in [1.82, 2.24) is 19.4 Å². The summed E-state index contributed by atoms with van der Waals surface area (Å²) in [6, 6.07) is 10.0. The van der Waals surface area contributed by atoms with E-state index < -0.39 is 5.56 Å². The Morgan fingerprint density at radius 2 is 2.10 bits per heavy atom. The van der Waals surface area contributed by atoms with Crippen LogP contribution in [0, 0.1) is 6.92 Å². The lowest BCUT2D eigenvalue weighted by molar-refractivity contribution is -0.133. The number of hydrogen-bond donors (Lipinski definition) is 1. The van der Waals surface area contributed by atoms with E-state index in [-0.39, 0.29) is 24.2 Å². The highest BCUT2D eigenvalue weighted by molar-refractivity contribution is 6.30. The molecule has 3 heterocycles. The average molecular weight is 439 g/mol. The molecule has 1 amide bonds. The Hall–Kier alpha value is -3.19. The van der Waals surface area contributed by atoms with Crippen molar-refractivity contribution >= 4 is 17.5 Å². The van der Waals surface area contributed by atoms with Gasteiger partial charge in [0.1, 0.15) is 12.3 Å². The maximum atomic E-state index is 13.0. The zero-order valence-electron chi connectivity index (χ0n) is 17.2. The van der Waals surface area contributed by atoms with E-state index >= 15 is 0 Å². The number of aromatic nitrogens is 3. The molecule has 1 aliphatic rings. The number of aromatic hydroxyl groups is 1. The maximum absolute atomic E-state index is 13.0. The molecule has 1 aromatic carbocycles.